The van der Waals surface area contributed by atoms with Crippen molar-refractivity contribution in [3.8, 4) is 0 Å². The third-order valence-electron chi connectivity index (χ3n) is 2.38. The standard InChI is InChI=1S/C12H23N5/c1-11-9-16-12(17-11)10-15-8-4-7-14-6-3-2-5-13/h9-10,14H,2-8,13H2,1H3,(H,16,17)/b15-10+. The van der Waals surface area contributed by atoms with Gasteiger partial charge in [0.05, 0.1) is 6.21 Å². The second-order valence-corrected chi connectivity index (χ2v) is 4.09. The Balaban J connectivity index is 1.95. The Labute approximate surface area is 103 Å². The molecule has 0 fully saturated rings. The Bertz CT molecular complexity index is 318. The molecule has 0 unspecified atom stereocenters. The van der Waals surface area contributed by atoms with Crippen molar-refractivity contribution in [2.45, 2.75) is 26.2 Å². The van der Waals surface area contributed by atoms with E-state index in [0.717, 1.165) is 57.0 Å². The number of H-pyrrole nitrogens is 1. The predicted molar refractivity (Wildman–Crippen MR) is 71.6 cm³/mol. The fraction of sp³-hybridized carbons (Fsp3) is 0.667. The summed E-state index contributed by atoms with van der Waals surface area (Å²) in [7, 11) is 0. The Morgan fingerprint density at radius 3 is 2.94 bits per heavy atom. The summed E-state index contributed by atoms with van der Waals surface area (Å²) in [5.74, 6) is 0.832. The van der Waals surface area contributed by atoms with Gasteiger partial charge in [0.2, 0.25) is 0 Å². The van der Waals surface area contributed by atoms with E-state index in [9.17, 15) is 0 Å². The quantitative estimate of drug-likeness (QED) is 0.440. The van der Waals surface area contributed by atoms with Gasteiger partial charge in [-0.05, 0) is 45.8 Å². The minimum Gasteiger partial charge on any atom is -0.341 e. The Kier molecular flexibility index (Phi) is 7.25. The van der Waals surface area contributed by atoms with Gasteiger partial charge in [-0.15, -0.1) is 0 Å². The van der Waals surface area contributed by atoms with Crippen LogP contribution in [-0.2, 0) is 0 Å². The topological polar surface area (TPSA) is 79.1 Å². The van der Waals surface area contributed by atoms with E-state index in [-0.39, 0.29) is 0 Å². The van der Waals surface area contributed by atoms with Gasteiger partial charge in [-0.2, -0.15) is 0 Å². The molecule has 0 aliphatic carbocycles. The molecule has 5 nitrogen and oxygen atoms in total. The zero-order chi connectivity index (χ0) is 12.3. The van der Waals surface area contributed by atoms with Crippen molar-refractivity contribution in [3.05, 3.63) is 17.7 Å². The molecule has 0 bridgehead atoms. The molecule has 0 spiro atoms. The van der Waals surface area contributed by atoms with E-state index in [1.54, 1.807) is 12.4 Å². The van der Waals surface area contributed by atoms with Crippen LogP contribution in [0.4, 0.5) is 0 Å². The van der Waals surface area contributed by atoms with Gasteiger partial charge in [0.15, 0.2) is 0 Å². The van der Waals surface area contributed by atoms with Gasteiger partial charge >= 0.3 is 0 Å². The third-order valence-corrected chi connectivity index (χ3v) is 2.38. The van der Waals surface area contributed by atoms with E-state index in [0.29, 0.717) is 0 Å². The summed E-state index contributed by atoms with van der Waals surface area (Å²) in [5.41, 5.74) is 6.47. The Morgan fingerprint density at radius 1 is 1.41 bits per heavy atom. The van der Waals surface area contributed by atoms with Gasteiger partial charge < -0.3 is 16.0 Å². The lowest BCUT2D eigenvalue weighted by atomic mass is 10.3. The lowest BCUT2D eigenvalue weighted by Gasteiger charge is -2.01. The van der Waals surface area contributed by atoms with Crippen LogP contribution in [-0.4, -0.2) is 42.4 Å². The van der Waals surface area contributed by atoms with Crippen LogP contribution in [0.2, 0.25) is 0 Å². The molecule has 1 aromatic rings. The zero-order valence-corrected chi connectivity index (χ0v) is 10.6. The van der Waals surface area contributed by atoms with Crippen molar-refractivity contribution >= 4 is 6.21 Å². The first-order valence-electron chi connectivity index (χ1n) is 6.25. The summed E-state index contributed by atoms with van der Waals surface area (Å²) in [6, 6.07) is 0. The number of aliphatic imine (C=N–C) groups is 1. The molecule has 0 aromatic carbocycles. The largest absolute Gasteiger partial charge is 0.341 e. The first kappa shape index (κ1) is 13.9. The lowest BCUT2D eigenvalue weighted by molar-refractivity contribution is 0.611. The highest BCUT2D eigenvalue weighted by Crippen LogP contribution is 1.91. The van der Waals surface area contributed by atoms with Crippen LogP contribution in [0.3, 0.4) is 0 Å². The summed E-state index contributed by atoms with van der Waals surface area (Å²) in [6.45, 7) is 5.67. The van der Waals surface area contributed by atoms with E-state index >= 15 is 0 Å². The zero-order valence-electron chi connectivity index (χ0n) is 10.6. The predicted octanol–water partition coefficient (Wildman–Crippen LogP) is 0.856. The normalized spacial score (nSPS) is 11.4. The second kappa shape index (κ2) is 8.90. The molecule has 1 rings (SSSR count). The average molecular weight is 237 g/mol. The van der Waals surface area contributed by atoms with Crippen molar-refractivity contribution in [1.82, 2.24) is 15.3 Å². The first-order valence-corrected chi connectivity index (χ1v) is 6.25. The SMILES string of the molecule is Cc1cnc(/C=N/CCCNCCCCN)[nH]1. The van der Waals surface area contributed by atoms with Gasteiger partial charge in [-0.3, -0.25) is 4.99 Å². The third kappa shape index (κ3) is 6.86. The molecule has 0 aliphatic rings. The van der Waals surface area contributed by atoms with E-state index in [1.807, 2.05) is 6.92 Å². The number of hydrogen-bond acceptors (Lipinski definition) is 4. The molecular formula is C12H23N5. The smallest absolute Gasteiger partial charge is 0.148 e. The molecule has 0 aliphatic heterocycles. The van der Waals surface area contributed by atoms with E-state index in [4.69, 9.17) is 5.73 Å². The maximum Gasteiger partial charge on any atom is 0.148 e. The lowest BCUT2D eigenvalue weighted by Crippen LogP contribution is -2.18. The van der Waals surface area contributed by atoms with Gasteiger partial charge in [-0.25, -0.2) is 4.98 Å². The number of nitrogens with two attached hydrogens (primary N) is 1. The molecule has 4 N–H and O–H groups in total. The number of rotatable bonds is 9. The van der Waals surface area contributed by atoms with Crippen LogP contribution < -0.4 is 11.1 Å². The number of aryl methyl sites for hydroxylation is 1. The summed E-state index contributed by atoms with van der Waals surface area (Å²) in [4.78, 5) is 11.6. The highest BCUT2D eigenvalue weighted by molar-refractivity contribution is 5.74. The van der Waals surface area contributed by atoms with Gasteiger partial charge in [-0.1, -0.05) is 0 Å². The van der Waals surface area contributed by atoms with E-state index in [1.165, 1.54) is 0 Å². The van der Waals surface area contributed by atoms with Gasteiger partial charge in [0.25, 0.3) is 0 Å². The van der Waals surface area contributed by atoms with Crippen LogP contribution in [0.1, 0.15) is 30.8 Å². The van der Waals surface area contributed by atoms with Gasteiger partial charge in [0, 0.05) is 18.4 Å². The summed E-state index contributed by atoms with van der Waals surface area (Å²) in [6.07, 6.45) is 6.91. The number of hydrogen-bond donors (Lipinski definition) is 3. The number of aromatic nitrogens is 2. The maximum atomic E-state index is 5.41. The molecule has 1 heterocycles. The Hall–Kier alpha value is -1.20. The van der Waals surface area contributed by atoms with Crippen LogP contribution in [0.5, 0.6) is 0 Å². The van der Waals surface area contributed by atoms with Crippen LogP contribution >= 0.6 is 0 Å². The maximum absolute atomic E-state index is 5.41. The number of nitrogens with one attached hydrogen (secondary N) is 2. The van der Waals surface area contributed by atoms with Crippen molar-refractivity contribution in [1.29, 1.82) is 0 Å². The molecule has 1 aromatic heterocycles. The molecule has 0 amide bonds. The fourth-order valence-electron chi connectivity index (χ4n) is 1.46. The van der Waals surface area contributed by atoms with Crippen molar-refractivity contribution < 1.29 is 0 Å². The minimum absolute atomic E-state index is 0.786. The number of aromatic amines is 1. The molecular weight excluding hydrogens is 214 g/mol. The van der Waals surface area contributed by atoms with Crippen molar-refractivity contribution in [2.24, 2.45) is 10.7 Å². The average Bonchev–Trinajstić information content (AvgIpc) is 2.73. The molecule has 96 valence electrons. The molecule has 0 radical (unpaired) electrons. The number of unbranched alkanes of at least 4 members (excludes halogenated alkanes) is 1. The Morgan fingerprint density at radius 2 is 2.24 bits per heavy atom. The van der Waals surface area contributed by atoms with Crippen molar-refractivity contribution in [2.75, 3.05) is 26.2 Å². The van der Waals surface area contributed by atoms with Crippen LogP contribution in [0.15, 0.2) is 11.2 Å². The summed E-state index contributed by atoms with van der Waals surface area (Å²) >= 11 is 0. The van der Waals surface area contributed by atoms with Crippen LogP contribution in [0.25, 0.3) is 0 Å². The second-order valence-electron chi connectivity index (χ2n) is 4.09. The van der Waals surface area contributed by atoms with Crippen molar-refractivity contribution in [3.63, 3.8) is 0 Å². The molecule has 0 atom stereocenters. The highest BCUT2D eigenvalue weighted by atomic mass is 14.9. The van der Waals surface area contributed by atoms with E-state index in [2.05, 4.69) is 20.3 Å². The number of nitrogens with zero attached hydrogens (tertiary/aromatic N) is 2. The highest BCUT2D eigenvalue weighted by Gasteiger charge is 1.91. The first-order chi connectivity index (χ1) is 8.33. The summed E-state index contributed by atoms with van der Waals surface area (Å²) < 4.78 is 0. The summed E-state index contributed by atoms with van der Waals surface area (Å²) in [5, 5.41) is 3.37. The minimum atomic E-state index is 0.786. The van der Waals surface area contributed by atoms with E-state index < -0.39 is 0 Å². The molecule has 5 heteroatoms. The fourth-order valence-corrected chi connectivity index (χ4v) is 1.46. The molecule has 17 heavy (non-hydrogen) atoms. The number of imidazole rings is 1. The van der Waals surface area contributed by atoms with Gasteiger partial charge in [0.1, 0.15) is 5.82 Å². The van der Waals surface area contributed by atoms with Crippen LogP contribution in [0, 0.1) is 6.92 Å². The monoisotopic (exact) mass is 237 g/mol. The molecule has 0 saturated heterocycles. The molecule has 0 saturated carbocycles.